The maximum absolute atomic E-state index is 13.0. The van der Waals surface area contributed by atoms with Crippen LogP contribution in [0.4, 0.5) is 10.2 Å². The molecule has 0 saturated heterocycles. The molecule has 6 heteroatoms. The Morgan fingerprint density at radius 3 is 2.64 bits per heavy atom. The van der Waals surface area contributed by atoms with E-state index in [0.29, 0.717) is 22.8 Å². The van der Waals surface area contributed by atoms with Crippen LogP contribution in [0.1, 0.15) is 36.6 Å². The minimum Gasteiger partial charge on any atom is -0.382 e. The van der Waals surface area contributed by atoms with Crippen molar-refractivity contribution < 1.29 is 4.39 Å². The van der Waals surface area contributed by atoms with E-state index in [4.69, 9.17) is 5.73 Å². The van der Waals surface area contributed by atoms with Crippen molar-refractivity contribution >= 4 is 17.6 Å². The topological polar surface area (TPSA) is 75.6 Å². The normalized spacial score (nSPS) is 10.4. The van der Waals surface area contributed by atoms with Crippen LogP contribution in [0.2, 0.25) is 0 Å². The van der Waals surface area contributed by atoms with Gasteiger partial charge in [-0.05, 0) is 24.1 Å². The van der Waals surface area contributed by atoms with E-state index in [9.17, 15) is 9.65 Å². The molecule has 4 nitrogen and oxygen atoms in total. The number of aromatic nitrogens is 2. The van der Waals surface area contributed by atoms with E-state index in [1.165, 1.54) is 23.9 Å². The molecule has 2 aromatic rings. The largest absolute Gasteiger partial charge is 0.382 e. The lowest BCUT2D eigenvalue weighted by atomic mass is 10.1. The SMILES string of the molecule is CCCCSc1nc(N)c(C#N)c(Cc2ccc(F)cc2)n1. The van der Waals surface area contributed by atoms with Crippen molar-refractivity contribution in [2.24, 2.45) is 0 Å². The van der Waals surface area contributed by atoms with Gasteiger partial charge in [0.25, 0.3) is 0 Å². The Labute approximate surface area is 133 Å². The number of rotatable bonds is 6. The molecule has 2 N–H and O–H groups in total. The predicted molar refractivity (Wildman–Crippen MR) is 86.0 cm³/mol. The summed E-state index contributed by atoms with van der Waals surface area (Å²) in [5, 5.41) is 9.83. The highest BCUT2D eigenvalue weighted by atomic mass is 32.2. The first-order chi connectivity index (χ1) is 10.6. The molecule has 2 rings (SSSR count). The molecule has 0 atom stereocenters. The number of nitrogens with two attached hydrogens (primary N) is 1. The number of hydrogen-bond donors (Lipinski definition) is 1. The van der Waals surface area contributed by atoms with Crippen molar-refractivity contribution in [3.05, 3.63) is 46.9 Å². The van der Waals surface area contributed by atoms with Crippen molar-refractivity contribution in [2.75, 3.05) is 11.5 Å². The molecular weight excluding hydrogens is 299 g/mol. The van der Waals surface area contributed by atoms with Gasteiger partial charge in [-0.25, -0.2) is 14.4 Å². The van der Waals surface area contributed by atoms with E-state index in [-0.39, 0.29) is 11.6 Å². The summed E-state index contributed by atoms with van der Waals surface area (Å²) >= 11 is 1.53. The zero-order valence-electron chi connectivity index (χ0n) is 12.3. The number of unbranched alkanes of at least 4 members (excludes halogenated alkanes) is 1. The molecule has 0 bridgehead atoms. The molecule has 0 radical (unpaired) electrons. The molecule has 0 aliphatic rings. The first kappa shape index (κ1) is 16.2. The highest BCUT2D eigenvalue weighted by molar-refractivity contribution is 7.99. The summed E-state index contributed by atoms with van der Waals surface area (Å²) in [4.78, 5) is 8.63. The number of thioether (sulfide) groups is 1. The number of nitrogens with zero attached hydrogens (tertiary/aromatic N) is 3. The lowest BCUT2D eigenvalue weighted by Gasteiger charge is -2.08. The van der Waals surface area contributed by atoms with E-state index in [2.05, 4.69) is 23.0 Å². The molecule has 114 valence electrons. The minimum atomic E-state index is -0.290. The molecule has 0 fully saturated rings. The molecule has 22 heavy (non-hydrogen) atoms. The minimum absolute atomic E-state index is 0.202. The summed E-state index contributed by atoms with van der Waals surface area (Å²) < 4.78 is 13.0. The van der Waals surface area contributed by atoms with Crippen LogP contribution in [-0.4, -0.2) is 15.7 Å². The summed E-state index contributed by atoms with van der Waals surface area (Å²) in [5.74, 6) is 0.827. The zero-order chi connectivity index (χ0) is 15.9. The quantitative estimate of drug-likeness (QED) is 0.501. The van der Waals surface area contributed by atoms with Crippen LogP contribution < -0.4 is 5.73 Å². The Morgan fingerprint density at radius 2 is 2.00 bits per heavy atom. The monoisotopic (exact) mass is 316 g/mol. The third kappa shape index (κ3) is 4.18. The third-order valence-corrected chi connectivity index (χ3v) is 4.05. The van der Waals surface area contributed by atoms with E-state index >= 15 is 0 Å². The van der Waals surface area contributed by atoms with Crippen LogP contribution in [0.3, 0.4) is 0 Å². The lowest BCUT2D eigenvalue weighted by Crippen LogP contribution is -2.06. The Bertz CT molecular complexity index is 680. The number of nitriles is 1. The van der Waals surface area contributed by atoms with Crippen LogP contribution in [0.15, 0.2) is 29.4 Å². The molecule has 0 amide bonds. The third-order valence-electron chi connectivity index (χ3n) is 3.12. The standard InChI is InChI=1S/C16H17FN4S/c1-2-3-8-22-16-20-14(13(10-18)15(19)21-16)9-11-4-6-12(17)7-5-11/h4-7H,2-3,8-9H2,1H3,(H2,19,20,21). The number of halogens is 1. The van der Waals surface area contributed by atoms with E-state index < -0.39 is 0 Å². The maximum Gasteiger partial charge on any atom is 0.189 e. The Balaban J connectivity index is 2.27. The molecule has 0 aliphatic heterocycles. The fourth-order valence-electron chi connectivity index (χ4n) is 1.92. The van der Waals surface area contributed by atoms with Gasteiger partial charge in [0.15, 0.2) is 5.16 Å². The lowest BCUT2D eigenvalue weighted by molar-refractivity contribution is 0.627. The smallest absolute Gasteiger partial charge is 0.189 e. The van der Waals surface area contributed by atoms with Crippen molar-refractivity contribution in [3.63, 3.8) is 0 Å². The molecule has 0 aliphatic carbocycles. The van der Waals surface area contributed by atoms with Crippen molar-refractivity contribution in [3.8, 4) is 6.07 Å². The molecule has 0 spiro atoms. The van der Waals surface area contributed by atoms with Gasteiger partial charge in [0.2, 0.25) is 0 Å². The van der Waals surface area contributed by atoms with E-state index in [1.54, 1.807) is 12.1 Å². The maximum atomic E-state index is 13.0. The summed E-state index contributed by atoms with van der Waals surface area (Å²) in [6, 6.07) is 8.20. The number of hydrogen-bond acceptors (Lipinski definition) is 5. The van der Waals surface area contributed by atoms with Gasteiger partial charge in [0, 0.05) is 12.2 Å². The second kappa shape index (κ2) is 7.76. The molecule has 0 unspecified atom stereocenters. The van der Waals surface area contributed by atoms with Gasteiger partial charge in [-0.2, -0.15) is 5.26 Å². The molecule has 1 aromatic heterocycles. The Hall–Kier alpha value is -2.13. The number of benzene rings is 1. The molecule has 1 heterocycles. The van der Waals surface area contributed by atoms with Gasteiger partial charge >= 0.3 is 0 Å². The van der Waals surface area contributed by atoms with E-state index in [1.807, 2.05) is 0 Å². The van der Waals surface area contributed by atoms with Gasteiger partial charge in [-0.15, -0.1) is 0 Å². The fourth-order valence-corrected chi connectivity index (χ4v) is 2.87. The fraction of sp³-hybridized carbons (Fsp3) is 0.312. The molecule has 0 saturated carbocycles. The number of anilines is 1. The molecule has 1 aromatic carbocycles. The van der Waals surface area contributed by atoms with Crippen molar-refractivity contribution in [2.45, 2.75) is 31.3 Å². The predicted octanol–water partition coefficient (Wildman–Crippen LogP) is 3.55. The van der Waals surface area contributed by atoms with Gasteiger partial charge in [0.05, 0.1) is 5.69 Å². The summed E-state index contributed by atoms with van der Waals surface area (Å²) in [6.07, 6.45) is 2.60. The second-order valence-electron chi connectivity index (χ2n) is 4.83. The molecular formula is C16H17FN4S. The highest BCUT2D eigenvalue weighted by Crippen LogP contribution is 2.22. The average molecular weight is 316 g/mol. The Morgan fingerprint density at radius 1 is 1.27 bits per heavy atom. The van der Waals surface area contributed by atoms with Crippen molar-refractivity contribution in [1.29, 1.82) is 5.26 Å². The van der Waals surface area contributed by atoms with Gasteiger partial charge in [0.1, 0.15) is 23.3 Å². The van der Waals surface area contributed by atoms with Crippen LogP contribution in [-0.2, 0) is 6.42 Å². The summed E-state index contributed by atoms with van der Waals surface area (Å²) in [6.45, 7) is 2.12. The Kier molecular flexibility index (Phi) is 5.73. The van der Waals surface area contributed by atoms with Gasteiger partial charge in [-0.3, -0.25) is 0 Å². The highest BCUT2D eigenvalue weighted by Gasteiger charge is 2.13. The van der Waals surface area contributed by atoms with Crippen LogP contribution in [0.25, 0.3) is 0 Å². The average Bonchev–Trinajstić information content (AvgIpc) is 2.50. The summed E-state index contributed by atoms with van der Waals surface area (Å²) in [5.41, 5.74) is 7.62. The first-order valence-electron chi connectivity index (χ1n) is 7.07. The summed E-state index contributed by atoms with van der Waals surface area (Å²) in [7, 11) is 0. The second-order valence-corrected chi connectivity index (χ2v) is 5.89. The number of nitrogen functional groups attached to an aromatic ring is 1. The van der Waals surface area contributed by atoms with Crippen LogP contribution in [0, 0.1) is 17.1 Å². The van der Waals surface area contributed by atoms with E-state index in [0.717, 1.165) is 24.2 Å². The van der Waals surface area contributed by atoms with Crippen LogP contribution in [0.5, 0.6) is 0 Å². The van der Waals surface area contributed by atoms with Crippen LogP contribution >= 0.6 is 11.8 Å². The van der Waals surface area contributed by atoms with Gasteiger partial charge < -0.3 is 5.73 Å². The van der Waals surface area contributed by atoms with Gasteiger partial charge in [-0.1, -0.05) is 37.2 Å². The first-order valence-corrected chi connectivity index (χ1v) is 8.06. The van der Waals surface area contributed by atoms with Crippen molar-refractivity contribution in [1.82, 2.24) is 9.97 Å². The zero-order valence-corrected chi connectivity index (χ0v) is 13.2.